The number of fused-ring (bicyclic) bond motifs is 1. The molecule has 0 spiro atoms. The molecule has 0 radical (unpaired) electrons. The maximum absolute atomic E-state index is 5.92. The first-order chi connectivity index (χ1) is 9.78. The van der Waals surface area contributed by atoms with Gasteiger partial charge in [-0.2, -0.15) is 0 Å². The third-order valence-electron chi connectivity index (χ3n) is 4.36. The van der Waals surface area contributed by atoms with E-state index in [1.54, 1.807) is 6.33 Å². The maximum atomic E-state index is 5.92. The zero-order chi connectivity index (χ0) is 13.9. The lowest BCUT2D eigenvalue weighted by Gasteiger charge is -2.23. The molecular formula is C16H22N4. The fourth-order valence-electron chi connectivity index (χ4n) is 3.10. The summed E-state index contributed by atoms with van der Waals surface area (Å²) in [6.45, 7) is 4.46. The van der Waals surface area contributed by atoms with Crippen molar-refractivity contribution in [2.75, 3.05) is 23.7 Å². The van der Waals surface area contributed by atoms with Crippen LogP contribution in [0.4, 0.5) is 11.5 Å². The van der Waals surface area contributed by atoms with Gasteiger partial charge in [0.1, 0.15) is 12.1 Å². The van der Waals surface area contributed by atoms with Crippen LogP contribution in [0.15, 0.2) is 24.5 Å². The molecule has 1 fully saturated rings. The highest BCUT2D eigenvalue weighted by molar-refractivity contribution is 5.91. The molecule has 4 nitrogen and oxygen atoms in total. The van der Waals surface area contributed by atoms with Crippen molar-refractivity contribution in [1.29, 1.82) is 0 Å². The Labute approximate surface area is 120 Å². The number of aromatic nitrogens is 2. The van der Waals surface area contributed by atoms with Gasteiger partial charge in [0.25, 0.3) is 0 Å². The zero-order valence-corrected chi connectivity index (χ0v) is 12.0. The molecule has 0 saturated carbocycles. The first kappa shape index (κ1) is 13.2. The van der Waals surface area contributed by atoms with Gasteiger partial charge in [-0.25, -0.2) is 9.97 Å². The molecule has 1 aromatic heterocycles. The predicted molar refractivity (Wildman–Crippen MR) is 83.8 cm³/mol. The second-order valence-corrected chi connectivity index (χ2v) is 5.67. The lowest BCUT2D eigenvalue weighted by atomic mass is 9.98. The Morgan fingerprint density at radius 3 is 3.00 bits per heavy atom. The van der Waals surface area contributed by atoms with Gasteiger partial charge in [-0.1, -0.05) is 13.3 Å². The third kappa shape index (κ3) is 2.55. The van der Waals surface area contributed by atoms with Crippen molar-refractivity contribution in [3.05, 3.63) is 24.5 Å². The van der Waals surface area contributed by atoms with E-state index in [1.807, 2.05) is 18.2 Å². The van der Waals surface area contributed by atoms with E-state index in [-0.39, 0.29) is 0 Å². The highest BCUT2D eigenvalue weighted by Gasteiger charge is 2.18. The summed E-state index contributed by atoms with van der Waals surface area (Å²) in [5, 5.41) is 1.07. The van der Waals surface area contributed by atoms with Gasteiger partial charge in [-0.3, -0.25) is 0 Å². The molecule has 4 heteroatoms. The summed E-state index contributed by atoms with van der Waals surface area (Å²) in [5.74, 6) is 1.90. The van der Waals surface area contributed by atoms with Crippen LogP contribution in [0.3, 0.4) is 0 Å². The maximum Gasteiger partial charge on any atom is 0.139 e. The van der Waals surface area contributed by atoms with E-state index in [1.165, 1.54) is 25.7 Å². The van der Waals surface area contributed by atoms with Gasteiger partial charge in [-0.05, 0) is 43.4 Å². The van der Waals surface area contributed by atoms with E-state index in [9.17, 15) is 0 Å². The van der Waals surface area contributed by atoms with Gasteiger partial charge in [-0.15, -0.1) is 0 Å². The van der Waals surface area contributed by atoms with Gasteiger partial charge in [0.05, 0.1) is 5.52 Å². The van der Waals surface area contributed by atoms with Crippen molar-refractivity contribution in [2.24, 2.45) is 5.92 Å². The van der Waals surface area contributed by atoms with E-state index in [4.69, 9.17) is 5.73 Å². The summed E-state index contributed by atoms with van der Waals surface area (Å²) in [4.78, 5) is 11.3. The summed E-state index contributed by atoms with van der Waals surface area (Å²) in [6, 6.07) is 5.87. The Bertz CT molecular complexity index is 596. The molecule has 3 rings (SSSR count). The minimum atomic E-state index is 0.773. The summed E-state index contributed by atoms with van der Waals surface area (Å²) < 4.78 is 0. The molecule has 1 unspecified atom stereocenters. The minimum Gasteiger partial charge on any atom is -0.399 e. The Morgan fingerprint density at radius 2 is 2.15 bits per heavy atom. The molecule has 2 heterocycles. The normalized spacial score (nSPS) is 20.1. The number of rotatable bonds is 2. The molecule has 1 aliphatic heterocycles. The average Bonchev–Trinajstić information content (AvgIpc) is 2.72. The molecule has 0 bridgehead atoms. The van der Waals surface area contributed by atoms with Crippen LogP contribution < -0.4 is 10.6 Å². The average molecular weight is 270 g/mol. The van der Waals surface area contributed by atoms with Crippen LogP contribution in [0.25, 0.3) is 10.9 Å². The summed E-state index contributed by atoms with van der Waals surface area (Å²) in [5.41, 5.74) is 7.67. The molecule has 1 aliphatic rings. The van der Waals surface area contributed by atoms with Crippen LogP contribution in [-0.2, 0) is 0 Å². The van der Waals surface area contributed by atoms with E-state index in [2.05, 4.69) is 21.8 Å². The summed E-state index contributed by atoms with van der Waals surface area (Å²) in [7, 11) is 0. The number of nitrogens with two attached hydrogens (primary N) is 1. The molecule has 2 aromatic rings. The predicted octanol–water partition coefficient (Wildman–Crippen LogP) is 3.23. The quantitative estimate of drug-likeness (QED) is 0.851. The molecule has 0 amide bonds. The van der Waals surface area contributed by atoms with Crippen molar-refractivity contribution in [3.63, 3.8) is 0 Å². The topological polar surface area (TPSA) is 55.0 Å². The van der Waals surface area contributed by atoms with Gasteiger partial charge >= 0.3 is 0 Å². The summed E-state index contributed by atoms with van der Waals surface area (Å²) in [6.07, 6.45) is 6.77. The minimum absolute atomic E-state index is 0.773. The number of anilines is 2. The van der Waals surface area contributed by atoms with Crippen molar-refractivity contribution >= 4 is 22.4 Å². The van der Waals surface area contributed by atoms with E-state index < -0.39 is 0 Å². The van der Waals surface area contributed by atoms with Gasteiger partial charge in [0, 0.05) is 24.2 Å². The fourth-order valence-corrected chi connectivity index (χ4v) is 3.10. The van der Waals surface area contributed by atoms with Crippen LogP contribution in [0.1, 0.15) is 32.6 Å². The second-order valence-electron chi connectivity index (χ2n) is 5.67. The Hall–Kier alpha value is -1.84. The molecule has 0 aliphatic carbocycles. The van der Waals surface area contributed by atoms with E-state index >= 15 is 0 Å². The lowest BCUT2D eigenvalue weighted by Crippen LogP contribution is -2.25. The number of hydrogen-bond acceptors (Lipinski definition) is 4. The Kier molecular flexibility index (Phi) is 3.72. The number of benzene rings is 1. The van der Waals surface area contributed by atoms with Crippen molar-refractivity contribution in [3.8, 4) is 0 Å². The second kappa shape index (κ2) is 5.65. The largest absolute Gasteiger partial charge is 0.399 e. The number of nitrogen functional groups attached to an aromatic ring is 1. The van der Waals surface area contributed by atoms with Crippen LogP contribution in [-0.4, -0.2) is 23.1 Å². The summed E-state index contributed by atoms with van der Waals surface area (Å²) >= 11 is 0. The third-order valence-corrected chi connectivity index (χ3v) is 4.36. The van der Waals surface area contributed by atoms with Crippen LogP contribution in [0.5, 0.6) is 0 Å². The van der Waals surface area contributed by atoms with Gasteiger partial charge in [0.2, 0.25) is 0 Å². The molecule has 1 aromatic carbocycles. The molecule has 2 N–H and O–H groups in total. The van der Waals surface area contributed by atoms with Crippen LogP contribution in [0.2, 0.25) is 0 Å². The van der Waals surface area contributed by atoms with Gasteiger partial charge < -0.3 is 10.6 Å². The first-order valence-electron chi connectivity index (χ1n) is 7.53. The SMILES string of the molecule is CCC1CCCN(c2ncnc3ccc(N)cc23)CC1. The number of hydrogen-bond donors (Lipinski definition) is 1. The lowest BCUT2D eigenvalue weighted by molar-refractivity contribution is 0.459. The molecule has 20 heavy (non-hydrogen) atoms. The standard InChI is InChI=1S/C16H22N4/c1-2-12-4-3-8-20(9-7-12)16-14-10-13(17)5-6-15(14)18-11-19-16/h5-6,10-12H,2-4,7-9,17H2,1H3. The van der Waals surface area contributed by atoms with Crippen LogP contribution >= 0.6 is 0 Å². The van der Waals surface area contributed by atoms with Gasteiger partial charge in [0.15, 0.2) is 0 Å². The molecule has 1 atom stereocenters. The van der Waals surface area contributed by atoms with Crippen LogP contribution in [0, 0.1) is 5.92 Å². The van der Waals surface area contributed by atoms with Crippen molar-refractivity contribution in [2.45, 2.75) is 32.6 Å². The monoisotopic (exact) mass is 270 g/mol. The smallest absolute Gasteiger partial charge is 0.139 e. The fraction of sp³-hybridized carbons (Fsp3) is 0.500. The first-order valence-corrected chi connectivity index (χ1v) is 7.53. The molecular weight excluding hydrogens is 248 g/mol. The van der Waals surface area contributed by atoms with E-state index in [0.29, 0.717) is 0 Å². The zero-order valence-electron chi connectivity index (χ0n) is 12.0. The van der Waals surface area contributed by atoms with Crippen molar-refractivity contribution in [1.82, 2.24) is 9.97 Å². The Morgan fingerprint density at radius 1 is 1.25 bits per heavy atom. The molecule has 1 saturated heterocycles. The highest BCUT2D eigenvalue weighted by Crippen LogP contribution is 2.28. The highest BCUT2D eigenvalue weighted by atomic mass is 15.2. The van der Waals surface area contributed by atoms with E-state index in [0.717, 1.165) is 41.4 Å². The number of nitrogens with zero attached hydrogens (tertiary/aromatic N) is 3. The molecule has 106 valence electrons. The Balaban J connectivity index is 1.95. The van der Waals surface area contributed by atoms with Crippen molar-refractivity contribution < 1.29 is 0 Å².